The van der Waals surface area contributed by atoms with Gasteiger partial charge in [0, 0.05) is 6.04 Å². The lowest BCUT2D eigenvalue weighted by Crippen LogP contribution is -2.39. The molecule has 1 saturated carbocycles. The van der Waals surface area contributed by atoms with Crippen molar-refractivity contribution in [3.05, 3.63) is 28.7 Å². The molecule has 1 amide bonds. The first-order valence-electron chi connectivity index (χ1n) is 10.2. The van der Waals surface area contributed by atoms with Crippen LogP contribution in [0, 0.1) is 0 Å². The first-order chi connectivity index (χ1) is 13.5. The van der Waals surface area contributed by atoms with Crippen LogP contribution in [0.2, 0.25) is 0 Å². The third kappa shape index (κ3) is 4.90. The quantitative estimate of drug-likeness (QED) is 0.413. The van der Waals surface area contributed by atoms with E-state index >= 15 is 0 Å². The van der Waals surface area contributed by atoms with Crippen molar-refractivity contribution in [1.82, 2.24) is 4.90 Å². The highest BCUT2D eigenvalue weighted by Crippen LogP contribution is 2.38. The summed E-state index contributed by atoms with van der Waals surface area (Å²) >= 11 is 6.93. The minimum atomic E-state index is 0.0415. The molecule has 28 heavy (non-hydrogen) atoms. The van der Waals surface area contributed by atoms with Gasteiger partial charge in [0.25, 0.3) is 5.91 Å². The van der Waals surface area contributed by atoms with E-state index in [0.29, 0.717) is 21.6 Å². The monoisotopic (exact) mass is 419 g/mol. The lowest BCUT2D eigenvalue weighted by atomic mass is 9.94. The zero-order valence-electron chi connectivity index (χ0n) is 16.9. The number of rotatable bonds is 7. The van der Waals surface area contributed by atoms with Crippen LogP contribution in [0.5, 0.6) is 11.5 Å². The van der Waals surface area contributed by atoms with Gasteiger partial charge in [-0.15, -0.1) is 0 Å². The molecule has 3 rings (SSSR count). The van der Waals surface area contributed by atoms with Crippen LogP contribution in [0.1, 0.15) is 64.9 Å². The van der Waals surface area contributed by atoms with E-state index < -0.39 is 0 Å². The number of carbonyl (C=O) groups excluding carboxylic acids is 1. The number of thioether (sulfide) groups is 1. The van der Waals surface area contributed by atoms with Crippen molar-refractivity contribution >= 4 is 40.3 Å². The van der Waals surface area contributed by atoms with Gasteiger partial charge in [0.15, 0.2) is 11.5 Å². The molecule has 1 aliphatic carbocycles. The number of nitrogens with zero attached hydrogens (tertiary/aromatic N) is 1. The van der Waals surface area contributed by atoms with Gasteiger partial charge in [0.1, 0.15) is 4.32 Å². The van der Waals surface area contributed by atoms with Gasteiger partial charge >= 0.3 is 0 Å². The van der Waals surface area contributed by atoms with Crippen molar-refractivity contribution in [1.29, 1.82) is 0 Å². The maximum Gasteiger partial charge on any atom is 0.266 e. The Morgan fingerprint density at radius 1 is 1.25 bits per heavy atom. The van der Waals surface area contributed by atoms with E-state index in [4.69, 9.17) is 21.7 Å². The standard InChI is InChI=1S/C22H29NO3S2/c1-4-15(3)26-18-12-11-16(13-19(18)25-5-2)14-20-21(24)23(22(27)28-20)17-9-7-6-8-10-17/h11-15,17H,4-10H2,1-3H3/b20-14-/t15-/m1/s1. The topological polar surface area (TPSA) is 38.8 Å². The van der Waals surface area contributed by atoms with Crippen LogP contribution in [0.25, 0.3) is 6.08 Å². The third-order valence-corrected chi connectivity index (χ3v) is 6.56. The van der Waals surface area contributed by atoms with E-state index in [9.17, 15) is 4.79 Å². The van der Waals surface area contributed by atoms with Gasteiger partial charge in [-0.05, 0) is 56.9 Å². The summed E-state index contributed by atoms with van der Waals surface area (Å²) in [6.45, 7) is 6.65. The Balaban J connectivity index is 1.81. The Kier molecular flexibility index (Phi) is 7.41. The Labute approximate surface area is 177 Å². The lowest BCUT2D eigenvalue weighted by molar-refractivity contribution is -0.124. The Hall–Kier alpha value is -1.53. The van der Waals surface area contributed by atoms with Crippen molar-refractivity contribution in [3.63, 3.8) is 0 Å². The fourth-order valence-corrected chi connectivity index (χ4v) is 4.97. The predicted molar refractivity (Wildman–Crippen MR) is 120 cm³/mol. The van der Waals surface area contributed by atoms with Crippen LogP contribution in [-0.2, 0) is 4.79 Å². The minimum absolute atomic E-state index is 0.0415. The summed E-state index contributed by atoms with van der Waals surface area (Å²) in [5.41, 5.74) is 0.920. The summed E-state index contributed by atoms with van der Waals surface area (Å²) in [6, 6.07) is 6.09. The molecule has 0 aromatic heterocycles. The van der Waals surface area contributed by atoms with E-state index in [-0.39, 0.29) is 18.1 Å². The second-order valence-electron chi connectivity index (χ2n) is 7.32. The maximum absolute atomic E-state index is 13.0. The number of benzene rings is 1. The summed E-state index contributed by atoms with van der Waals surface area (Å²) in [6.07, 6.45) is 8.68. The molecule has 6 heteroatoms. The summed E-state index contributed by atoms with van der Waals surface area (Å²) in [4.78, 5) is 15.5. The number of thiocarbonyl (C=S) groups is 1. The van der Waals surface area contributed by atoms with Crippen LogP contribution >= 0.6 is 24.0 Å². The molecule has 0 unspecified atom stereocenters. The van der Waals surface area contributed by atoms with Gasteiger partial charge in [-0.3, -0.25) is 9.69 Å². The van der Waals surface area contributed by atoms with E-state index in [1.807, 2.05) is 43.0 Å². The van der Waals surface area contributed by atoms with Crippen LogP contribution in [-0.4, -0.2) is 33.9 Å². The zero-order valence-corrected chi connectivity index (χ0v) is 18.5. The Morgan fingerprint density at radius 2 is 2.00 bits per heavy atom. The molecule has 1 aromatic rings. The van der Waals surface area contributed by atoms with Crippen LogP contribution in [0.3, 0.4) is 0 Å². The number of hydrogen-bond acceptors (Lipinski definition) is 5. The van der Waals surface area contributed by atoms with E-state index in [2.05, 4.69) is 6.92 Å². The molecule has 0 spiro atoms. The molecule has 0 bridgehead atoms. The molecule has 1 heterocycles. The molecule has 2 aliphatic rings. The SMILES string of the molecule is CCOc1cc(/C=C2\SC(=S)N(C3CCCCC3)C2=O)ccc1O[C@H](C)CC. The Morgan fingerprint density at radius 3 is 2.68 bits per heavy atom. The molecular formula is C22H29NO3S2. The molecule has 152 valence electrons. The number of carbonyl (C=O) groups is 1. The first-order valence-corrected chi connectivity index (χ1v) is 11.5. The lowest BCUT2D eigenvalue weighted by Gasteiger charge is -2.29. The van der Waals surface area contributed by atoms with Crippen molar-refractivity contribution in [3.8, 4) is 11.5 Å². The van der Waals surface area contributed by atoms with Gasteiger partial charge in [-0.2, -0.15) is 0 Å². The van der Waals surface area contributed by atoms with Gasteiger partial charge in [0.2, 0.25) is 0 Å². The van der Waals surface area contributed by atoms with Gasteiger partial charge in [0.05, 0.1) is 17.6 Å². The zero-order chi connectivity index (χ0) is 20.1. The van der Waals surface area contributed by atoms with Crippen LogP contribution < -0.4 is 9.47 Å². The summed E-state index contributed by atoms with van der Waals surface area (Å²) in [5.74, 6) is 1.49. The van der Waals surface area contributed by atoms with Crippen molar-refractivity contribution in [2.24, 2.45) is 0 Å². The summed E-state index contributed by atoms with van der Waals surface area (Å²) in [5, 5.41) is 0. The van der Waals surface area contributed by atoms with Gasteiger partial charge < -0.3 is 9.47 Å². The number of amides is 1. The smallest absolute Gasteiger partial charge is 0.266 e. The molecule has 1 atom stereocenters. The second kappa shape index (κ2) is 9.79. The van der Waals surface area contributed by atoms with Crippen molar-refractivity contribution in [2.45, 2.75) is 71.4 Å². The maximum atomic E-state index is 13.0. The minimum Gasteiger partial charge on any atom is -0.490 e. The molecule has 4 nitrogen and oxygen atoms in total. The van der Waals surface area contributed by atoms with Crippen molar-refractivity contribution in [2.75, 3.05) is 6.61 Å². The third-order valence-electron chi connectivity index (χ3n) is 5.23. The highest BCUT2D eigenvalue weighted by atomic mass is 32.2. The summed E-state index contributed by atoms with van der Waals surface area (Å²) in [7, 11) is 0. The fourth-order valence-electron chi connectivity index (χ4n) is 3.57. The highest BCUT2D eigenvalue weighted by molar-refractivity contribution is 8.26. The van der Waals surface area contributed by atoms with Gasteiger partial charge in [-0.25, -0.2) is 0 Å². The van der Waals surface area contributed by atoms with E-state index in [1.165, 1.54) is 31.0 Å². The number of ether oxygens (including phenoxy) is 2. The average molecular weight is 420 g/mol. The largest absolute Gasteiger partial charge is 0.490 e. The predicted octanol–water partition coefficient (Wildman–Crippen LogP) is 5.80. The molecule has 1 saturated heterocycles. The first kappa shape index (κ1) is 21.2. The number of hydrogen-bond donors (Lipinski definition) is 0. The molecule has 0 N–H and O–H groups in total. The molecular weight excluding hydrogens is 390 g/mol. The molecule has 1 aliphatic heterocycles. The van der Waals surface area contributed by atoms with E-state index in [1.54, 1.807) is 0 Å². The Bertz CT molecular complexity index is 756. The molecule has 2 fully saturated rings. The average Bonchev–Trinajstić information content (AvgIpc) is 2.97. The van der Waals surface area contributed by atoms with Crippen molar-refractivity contribution < 1.29 is 14.3 Å². The summed E-state index contributed by atoms with van der Waals surface area (Å²) < 4.78 is 12.4. The van der Waals surface area contributed by atoms with Crippen LogP contribution in [0.15, 0.2) is 23.1 Å². The normalized spacial score (nSPS) is 20.7. The molecule has 1 aromatic carbocycles. The second-order valence-corrected chi connectivity index (χ2v) is 9.00. The fraction of sp³-hybridized carbons (Fsp3) is 0.545. The molecule has 0 radical (unpaired) electrons. The van der Waals surface area contributed by atoms with E-state index in [0.717, 1.165) is 30.6 Å². The van der Waals surface area contributed by atoms with Crippen LogP contribution in [0.4, 0.5) is 0 Å². The highest BCUT2D eigenvalue weighted by Gasteiger charge is 2.37. The van der Waals surface area contributed by atoms with Gasteiger partial charge in [-0.1, -0.05) is 56.2 Å².